The number of carbonyl (C=O) groups excluding carboxylic acids is 2. The maximum Gasteiger partial charge on any atom is 0.441 e. The van der Waals surface area contributed by atoms with Gasteiger partial charge in [-0.15, -0.1) is 11.3 Å². The van der Waals surface area contributed by atoms with Gasteiger partial charge in [-0.25, -0.2) is 4.79 Å². The third-order valence-electron chi connectivity index (χ3n) is 5.23. The largest absolute Gasteiger partial charge is 0.466 e. The molecule has 0 spiro atoms. The lowest BCUT2D eigenvalue weighted by molar-refractivity contribution is -0.203. The van der Waals surface area contributed by atoms with Gasteiger partial charge >= 0.3 is 17.8 Å². The number of alkyl halides is 3. The van der Waals surface area contributed by atoms with Crippen molar-refractivity contribution in [3.63, 3.8) is 0 Å². The van der Waals surface area contributed by atoms with Crippen LogP contribution in [0.3, 0.4) is 0 Å². The Morgan fingerprint density at radius 2 is 2.06 bits per heavy atom. The fourth-order valence-corrected chi connectivity index (χ4v) is 5.15. The van der Waals surface area contributed by atoms with Gasteiger partial charge in [0.1, 0.15) is 11.1 Å². The molecule has 1 heterocycles. The zero-order valence-corrected chi connectivity index (χ0v) is 18.7. The number of nitrogens with zero attached hydrogens (tertiary/aromatic N) is 1. The van der Waals surface area contributed by atoms with Crippen LogP contribution in [0.4, 0.5) is 18.2 Å². The molecular weight excluding hydrogens is 467 g/mol. The van der Waals surface area contributed by atoms with Crippen molar-refractivity contribution >= 4 is 39.8 Å². The summed E-state index contributed by atoms with van der Waals surface area (Å²) >= 11 is 6.81. The highest BCUT2D eigenvalue weighted by atomic mass is 35.5. The smallest absolute Gasteiger partial charge is 0.441 e. The van der Waals surface area contributed by atoms with Crippen LogP contribution in [-0.4, -0.2) is 30.8 Å². The van der Waals surface area contributed by atoms with E-state index >= 15 is 0 Å². The van der Waals surface area contributed by atoms with Crippen LogP contribution in [0.25, 0.3) is 0 Å². The Morgan fingerprint density at radius 3 is 2.66 bits per heavy atom. The van der Waals surface area contributed by atoms with Gasteiger partial charge in [0.2, 0.25) is 0 Å². The monoisotopic (exact) mass is 485 g/mol. The zero-order valence-electron chi connectivity index (χ0n) is 17.1. The molecule has 0 saturated heterocycles. The Morgan fingerprint density at radius 1 is 1.34 bits per heavy atom. The number of nitrogens with one attached hydrogen (secondary N) is 2. The molecular formula is C21H19ClF3N3O3S. The van der Waals surface area contributed by atoms with Crippen LogP contribution >= 0.6 is 22.9 Å². The number of amides is 1. The van der Waals surface area contributed by atoms with Gasteiger partial charge in [-0.3, -0.25) is 4.79 Å². The van der Waals surface area contributed by atoms with Crippen molar-refractivity contribution in [2.24, 2.45) is 5.92 Å². The Bertz CT molecular complexity index is 1100. The molecule has 32 heavy (non-hydrogen) atoms. The highest BCUT2D eigenvalue weighted by Gasteiger charge is 2.64. The van der Waals surface area contributed by atoms with Gasteiger partial charge in [0.25, 0.3) is 5.91 Å². The molecule has 1 aromatic carbocycles. The predicted octanol–water partition coefficient (Wildman–Crippen LogP) is 4.67. The maximum absolute atomic E-state index is 14.4. The number of methoxy groups -OCH3 is 1. The lowest BCUT2D eigenvalue weighted by Crippen LogP contribution is -2.69. The molecule has 0 fully saturated rings. The summed E-state index contributed by atoms with van der Waals surface area (Å²) in [5, 5.41) is 13.5. The van der Waals surface area contributed by atoms with Gasteiger partial charge in [0, 0.05) is 15.5 Å². The molecule has 1 aromatic heterocycles. The average molecular weight is 486 g/mol. The number of anilines is 1. The van der Waals surface area contributed by atoms with E-state index in [4.69, 9.17) is 11.6 Å². The van der Waals surface area contributed by atoms with Crippen LogP contribution in [-0.2, 0) is 22.4 Å². The second-order valence-corrected chi connectivity index (χ2v) is 9.04. The second kappa shape index (κ2) is 9.00. The molecule has 0 radical (unpaired) electrons. The molecule has 0 saturated carbocycles. The number of nitriles is 1. The maximum atomic E-state index is 14.4. The summed E-state index contributed by atoms with van der Waals surface area (Å²) in [6.45, 7) is 2.02. The first-order valence-corrected chi connectivity index (χ1v) is 10.8. The molecule has 6 nitrogen and oxygen atoms in total. The van der Waals surface area contributed by atoms with E-state index in [1.54, 1.807) is 5.32 Å². The first-order chi connectivity index (χ1) is 15.0. The number of halogens is 4. The highest BCUT2D eigenvalue weighted by Crippen LogP contribution is 2.42. The van der Waals surface area contributed by atoms with E-state index in [0.717, 1.165) is 29.7 Å². The minimum Gasteiger partial charge on any atom is -0.466 e. The third kappa shape index (κ3) is 4.40. The molecule has 170 valence electrons. The number of carbonyl (C=O) groups is 2. The number of thiophene rings is 1. The molecule has 1 aliphatic carbocycles. The number of benzene rings is 1. The van der Waals surface area contributed by atoms with Crippen LogP contribution in [0.5, 0.6) is 0 Å². The van der Waals surface area contributed by atoms with Gasteiger partial charge in [-0.1, -0.05) is 24.6 Å². The molecule has 2 N–H and O–H groups in total. The molecule has 0 bridgehead atoms. The van der Waals surface area contributed by atoms with Crippen LogP contribution in [0.15, 0.2) is 24.3 Å². The molecule has 11 heteroatoms. The van der Waals surface area contributed by atoms with Gasteiger partial charge in [0.15, 0.2) is 0 Å². The number of rotatable bonds is 5. The van der Waals surface area contributed by atoms with Crippen LogP contribution < -0.4 is 10.6 Å². The Kier molecular flexibility index (Phi) is 6.72. The Balaban J connectivity index is 2.09. The summed E-state index contributed by atoms with van der Waals surface area (Å²) in [5.74, 6) is -2.66. The molecule has 1 amide bonds. The number of esters is 1. The van der Waals surface area contributed by atoms with Crippen molar-refractivity contribution in [1.82, 2.24) is 5.32 Å². The minimum atomic E-state index is -5.31. The number of fused-ring (bicyclic) bond motifs is 1. The number of hydrogen-bond acceptors (Lipinski definition) is 6. The van der Waals surface area contributed by atoms with Gasteiger partial charge < -0.3 is 15.4 Å². The summed E-state index contributed by atoms with van der Waals surface area (Å²) in [4.78, 5) is 26.0. The molecule has 2 aromatic rings. The SMILES string of the molecule is COC(=O)[C@](NC(=O)c1cccc(Cl)c1)(Nc1sc2c(c1C#N)CC[C@H](C)C2)C(F)(F)F. The Labute approximate surface area is 191 Å². The fourth-order valence-electron chi connectivity index (χ4n) is 3.54. The van der Waals surface area contributed by atoms with Crippen molar-refractivity contribution in [2.75, 3.05) is 12.4 Å². The van der Waals surface area contributed by atoms with E-state index in [9.17, 15) is 28.0 Å². The van der Waals surface area contributed by atoms with E-state index in [0.29, 0.717) is 24.3 Å². The van der Waals surface area contributed by atoms with E-state index in [-0.39, 0.29) is 21.2 Å². The van der Waals surface area contributed by atoms with Crippen molar-refractivity contribution in [1.29, 1.82) is 5.26 Å². The summed E-state index contributed by atoms with van der Waals surface area (Å²) in [5.41, 5.74) is -3.10. The summed E-state index contributed by atoms with van der Waals surface area (Å²) in [6, 6.07) is 7.20. The van der Waals surface area contributed by atoms with Crippen molar-refractivity contribution in [3.8, 4) is 6.07 Å². The average Bonchev–Trinajstić information content (AvgIpc) is 3.07. The fraction of sp³-hybridized carbons (Fsp3) is 0.381. The van der Waals surface area contributed by atoms with E-state index in [1.165, 1.54) is 24.3 Å². The molecule has 2 atom stereocenters. The topological polar surface area (TPSA) is 91.2 Å². The van der Waals surface area contributed by atoms with Gasteiger partial charge in [-0.05, 0) is 48.9 Å². The van der Waals surface area contributed by atoms with E-state index in [2.05, 4.69) is 10.1 Å². The summed E-state index contributed by atoms with van der Waals surface area (Å²) < 4.78 is 47.5. The lowest BCUT2D eigenvalue weighted by Gasteiger charge is -2.34. The van der Waals surface area contributed by atoms with Gasteiger partial charge in [-0.2, -0.15) is 18.4 Å². The van der Waals surface area contributed by atoms with Crippen LogP contribution in [0.2, 0.25) is 5.02 Å². The first-order valence-electron chi connectivity index (χ1n) is 9.58. The zero-order chi connectivity index (χ0) is 23.7. The number of ether oxygens (including phenoxy) is 1. The summed E-state index contributed by atoms with van der Waals surface area (Å²) in [7, 11) is 0.780. The standard InChI is InChI=1S/C21H19ClF3N3O3S/c1-11-6-7-14-15(10-26)18(32-16(14)8-11)28-20(19(30)31-2,21(23,24)25)27-17(29)12-4-3-5-13(22)9-12/h3-5,9,11,28H,6-8H2,1-2H3,(H,27,29)/t11-,20-/m0/s1. The molecule has 1 aliphatic rings. The van der Waals surface area contributed by atoms with E-state index < -0.39 is 23.7 Å². The minimum absolute atomic E-state index is 0.0337. The first kappa shape index (κ1) is 23.9. The van der Waals surface area contributed by atoms with Crippen molar-refractivity contribution < 1.29 is 27.5 Å². The van der Waals surface area contributed by atoms with Crippen molar-refractivity contribution in [2.45, 2.75) is 38.0 Å². The molecule has 0 unspecified atom stereocenters. The highest BCUT2D eigenvalue weighted by molar-refractivity contribution is 7.16. The van der Waals surface area contributed by atoms with Gasteiger partial charge in [0.05, 0.1) is 12.7 Å². The number of hydrogen-bond donors (Lipinski definition) is 2. The van der Waals surface area contributed by atoms with Crippen molar-refractivity contribution in [3.05, 3.63) is 50.9 Å². The third-order valence-corrected chi connectivity index (χ3v) is 6.63. The quantitative estimate of drug-likeness (QED) is 0.474. The predicted molar refractivity (Wildman–Crippen MR) is 114 cm³/mol. The van der Waals surface area contributed by atoms with E-state index in [1.807, 2.05) is 13.0 Å². The lowest BCUT2D eigenvalue weighted by atomic mass is 9.88. The normalized spacial score (nSPS) is 17.5. The van der Waals surface area contributed by atoms with Crippen LogP contribution in [0.1, 0.15) is 39.7 Å². The molecule has 3 rings (SSSR count). The second-order valence-electron chi connectivity index (χ2n) is 7.50. The molecule has 0 aliphatic heterocycles. The Hall–Kier alpha value is -2.77. The van der Waals surface area contributed by atoms with Crippen LogP contribution in [0, 0.1) is 17.2 Å². The summed E-state index contributed by atoms with van der Waals surface area (Å²) in [6.07, 6.45) is -3.35.